The van der Waals surface area contributed by atoms with Crippen molar-refractivity contribution in [2.75, 3.05) is 12.8 Å². The van der Waals surface area contributed by atoms with Gasteiger partial charge in [0.15, 0.2) is 0 Å². The summed E-state index contributed by atoms with van der Waals surface area (Å²) in [6, 6.07) is 0. The summed E-state index contributed by atoms with van der Waals surface area (Å²) in [5, 5.41) is 21.1. The molecule has 0 fully saturated rings. The number of ether oxygens (including phenoxy) is 1. The molecule has 0 saturated carbocycles. The van der Waals surface area contributed by atoms with Gasteiger partial charge < -0.3 is 10.5 Å². The molecule has 0 bridgehead atoms. The van der Waals surface area contributed by atoms with Gasteiger partial charge in [-0.25, -0.2) is 9.97 Å². The van der Waals surface area contributed by atoms with Crippen LogP contribution in [-0.4, -0.2) is 26.9 Å². The minimum atomic E-state index is -0.539. The van der Waals surface area contributed by atoms with Crippen LogP contribution in [0.1, 0.15) is 11.1 Å². The first kappa shape index (κ1) is 20.7. The Morgan fingerprint density at radius 3 is 1.84 bits per heavy atom. The van der Waals surface area contributed by atoms with Crippen molar-refractivity contribution in [1.82, 2.24) is 9.97 Å². The molecular weight excluding hydrogens is 466 g/mol. The van der Waals surface area contributed by atoms with Crippen molar-refractivity contribution < 1.29 is 14.6 Å². The molecule has 0 atom stereocenters. The maximum absolute atomic E-state index is 10.6. The van der Waals surface area contributed by atoms with Crippen LogP contribution < -0.4 is 10.5 Å². The summed E-state index contributed by atoms with van der Waals surface area (Å²) in [5.41, 5.74) is 6.09. The van der Waals surface area contributed by atoms with Crippen LogP contribution in [0.25, 0.3) is 0 Å². The summed E-state index contributed by atoms with van der Waals surface area (Å²) in [5.74, 6) is -0.0219. The van der Waals surface area contributed by atoms with Crippen LogP contribution in [0.5, 0.6) is 5.88 Å². The number of nitrogen functional groups attached to an aromatic ring is 1. The number of hydrogen-bond donors (Lipinski definition) is 1. The monoisotopic (exact) mass is 477 g/mol. The predicted molar refractivity (Wildman–Crippen MR) is 97.6 cm³/mol. The molecule has 2 heterocycles. The maximum Gasteiger partial charge on any atom is 0.334 e. The van der Waals surface area contributed by atoms with Gasteiger partial charge >= 0.3 is 11.4 Å². The highest BCUT2D eigenvalue weighted by Gasteiger charge is 2.21. The second-order valence-corrected chi connectivity index (χ2v) is 6.28. The number of rotatable bonds is 3. The Hall–Kier alpha value is -2.34. The van der Waals surface area contributed by atoms with Gasteiger partial charge in [-0.2, -0.15) is 0 Å². The number of nitrogens with two attached hydrogens (primary N) is 1. The Bertz CT molecular complexity index is 831. The Labute approximate surface area is 159 Å². The zero-order chi connectivity index (χ0) is 19.3. The van der Waals surface area contributed by atoms with Crippen molar-refractivity contribution in [1.29, 1.82) is 0 Å². The third-order valence-corrected chi connectivity index (χ3v) is 4.64. The highest BCUT2D eigenvalue weighted by atomic mass is 79.9. The third-order valence-electron chi connectivity index (χ3n) is 3.04. The van der Waals surface area contributed by atoms with Gasteiger partial charge in [-0.1, -0.05) is 0 Å². The maximum atomic E-state index is 10.6. The molecule has 0 saturated heterocycles. The molecule has 2 N–H and O–H groups in total. The third kappa shape index (κ3) is 4.82. The van der Waals surface area contributed by atoms with Crippen LogP contribution in [0.3, 0.4) is 0 Å². The van der Waals surface area contributed by atoms with Gasteiger partial charge in [0.05, 0.1) is 17.0 Å². The molecule has 0 amide bonds. The molecule has 0 aliphatic carbocycles. The van der Waals surface area contributed by atoms with Gasteiger partial charge in [-0.15, -0.1) is 0 Å². The predicted octanol–water partition coefficient (Wildman–Crippen LogP) is 3.71. The Morgan fingerprint density at radius 2 is 1.44 bits per heavy atom. The van der Waals surface area contributed by atoms with Gasteiger partial charge in [0.25, 0.3) is 5.88 Å². The topological polar surface area (TPSA) is 147 Å². The number of hydrogen-bond acceptors (Lipinski definition) is 8. The molecule has 0 aliphatic rings. The van der Waals surface area contributed by atoms with Crippen molar-refractivity contribution in [2.24, 2.45) is 0 Å². The van der Waals surface area contributed by atoms with E-state index in [-0.39, 0.29) is 23.1 Å². The van der Waals surface area contributed by atoms with E-state index in [1.807, 2.05) is 0 Å². The van der Waals surface area contributed by atoms with Crippen molar-refractivity contribution in [3.63, 3.8) is 0 Å². The fourth-order valence-corrected chi connectivity index (χ4v) is 2.31. The van der Waals surface area contributed by atoms with E-state index in [4.69, 9.17) is 10.5 Å². The van der Waals surface area contributed by atoms with E-state index in [0.717, 1.165) is 0 Å². The first-order valence-electron chi connectivity index (χ1n) is 6.50. The molecule has 2 aromatic rings. The van der Waals surface area contributed by atoms with E-state index >= 15 is 0 Å². The minimum absolute atomic E-state index is 0.0331. The standard InChI is InChI=1S/C7H7BrN2O3.C6H6BrN3O2/c1-4-5(8)3-9-7(13-2)6(4)10(11)12;1-3-4(7)2-9-6(8)5(3)10(11)12/h3H,1-2H3;2H,1H3,(H2,8,9). The van der Waals surface area contributed by atoms with E-state index in [2.05, 4.69) is 41.8 Å². The van der Waals surface area contributed by atoms with Crippen molar-refractivity contribution in [2.45, 2.75) is 13.8 Å². The SMILES string of the molecule is COc1ncc(Br)c(C)c1[N+](=O)[O-].Cc1c(Br)cnc(N)c1[N+](=O)[O-]. The summed E-state index contributed by atoms with van der Waals surface area (Å²) >= 11 is 6.28. The fraction of sp³-hybridized carbons (Fsp3) is 0.231. The Kier molecular flexibility index (Phi) is 7.18. The van der Waals surface area contributed by atoms with Gasteiger partial charge in [0, 0.05) is 32.5 Å². The summed E-state index contributed by atoms with van der Waals surface area (Å²) < 4.78 is 5.95. The van der Waals surface area contributed by atoms with Crippen molar-refractivity contribution >= 4 is 49.1 Å². The smallest absolute Gasteiger partial charge is 0.334 e. The van der Waals surface area contributed by atoms with Crippen LogP contribution in [0.15, 0.2) is 21.3 Å². The zero-order valence-corrected chi connectivity index (χ0v) is 16.5. The number of pyridine rings is 2. The first-order chi connectivity index (χ1) is 11.6. The van der Waals surface area contributed by atoms with E-state index < -0.39 is 9.85 Å². The molecular formula is C13H13Br2N5O5. The Balaban J connectivity index is 0.000000251. The summed E-state index contributed by atoms with van der Waals surface area (Å²) in [6.07, 6.45) is 2.92. The molecule has 134 valence electrons. The van der Waals surface area contributed by atoms with Crippen molar-refractivity contribution in [3.05, 3.63) is 52.7 Å². The second-order valence-electron chi connectivity index (χ2n) is 4.57. The average molecular weight is 479 g/mol. The molecule has 25 heavy (non-hydrogen) atoms. The number of anilines is 1. The normalized spacial score (nSPS) is 9.80. The lowest BCUT2D eigenvalue weighted by molar-refractivity contribution is -0.386. The molecule has 0 spiro atoms. The minimum Gasteiger partial charge on any atom is -0.476 e. The van der Waals surface area contributed by atoms with E-state index in [1.165, 1.54) is 19.5 Å². The average Bonchev–Trinajstić information content (AvgIpc) is 2.53. The second kappa shape index (κ2) is 8.67. The van der Waals surface area contributed by atoms with Crippen LogP contribution in [-0.2, 0) is 0 Å². The molecule has 0 aromatic carbocycles. The molecule has 2 rings (SSSR count). The first-order valence-corrected chi connectivity index (χ1v) is 8.08. The number of aromatic nitrogens is 2. The Morgan fingerprint density at radius 1 is 1.00 bits per heavy atom. The number of nitro groups is 2. The van der Waals surface area contributed by atoms with Crippen LogP contribution in [0.2, 0.25) is 0 Å². The molecule has 2 aromatic heterocycles. The number of nitrogens with zero attached hydrogens (tertiary/aromatic N) is 4. The molecule has 0 unspecified atom stereocenters. The van der Waals surface area contributed by atoms with Crippen LogP contribution in [0.4, 0.5) is 17.2 Å². The number of halogens is 2. The van der Waals surface area contributed by atoms with E-state index in [9.17, 15) is 20.2 Å². The fourth-order valence-electron chi connectivity index (χ4n) is 1.73. The largest absolute Gasteiger partial charge is 0.476 e. The van der Waals surface area contributed by atoms with Crippen LogP contribution >= 0.6 is 31.9 Å². The highest BCUT2D eigenvalue weighted by Crippen LogP contribution is 2.32. The van der Waals surface area contributed by atoms with Gasteiger partial charge in [0.2, 0.25) is 5.82 Å². The number of methoxy groups -OCH3 is 1. The zero-order valence-electron chi connectivity index (χ0n) is 13.3. The van der Waals surface area contributed by atoms with E-state index in [0.29, 0.717) is 20.1 Å². The quantitative estimate of drug-likeness (QED) is 0.518. The molecule has 12 heteroatoms. The lowest BCUT2D eigenvalue weighted by Gasteiger charge is -2.03. The lowest BCUT2D eigenvalue weighted by Crippen LogP contribution is -2.00. The van der Waals surface area contributed by atoms with Crippen LogP contribution in [0, 0.1) is 34.1 Å². The van der Waals surface area contributed by atoms with Crippen molar-refractivity contribution in [3.8, 4) is 5.88 Å². The summed E-state index contributed by atoms with van der Waals surface area (Å²) in [7, 11) is 1.35. The summed E-state index contributed by atoms with van der Waals surface area (Å²) in [6.45, 7) is 3.24. The highest BCUT2D eigenvalue weighted by molar-refractivity contribution is 9.10. The molecule has 10 nitrogen and oxygen atoms in total. The van der Waals surface area contributed by atoms with Gasteiger partial charge in [-0.3, -0.25) is 20.2 Å². The lowest BCUT2D eigenvalue weighted by atomic mass is 10.2. The molecule has 0 radical (unpaired) electrons. The van der Waals surface area contributed by atoms with E-state index in [1.54, 1.807) is 13.8 Å². The summed E-state index contributed by atoms with van der Waals surface area (Å²) in [4.78, 5) is 27.4. The van der Waals surface area contributed by atoms with Gasteiger partial charge in [0.1, 0.15) is 0 Å². The van der Waals surface area contributed by atoms with Gasteiger partial charge in [-0.05, 0) is 45.7 Å². The molecule has 0 aliphatic heterocycles.